The van der Waals surface area contributed by atoms with Crippen molar-refractivity contribution < 1.29 is 9.15 Å². The summed E-state index contributed by atoms with van der Waals surface area (Å²) in [6.07, 6.45) is 2.66. The molecular formula is C13H20N2O2. The molecule has 1 aromatic rings. The van der Waals surface area contributed by atoms with Gasteiger partial charge in [-0.1, -0.05) is 0 Å². The van der Waals surface area contributed by atoms with E-state index in [4.69, 9.17) is 14.9 Å². The van der Waals surface area contributed by atoms with Crippen LogP contribution in [0.3, 0.4) is 0 Å². The van der Waals surface area contributed by atoms with Gasteiger partial charge in [-0.15, -0.1) is 0 Å². The molecule has 2 fully saturated rings. The number of hydrogen-bond donors (Lipinski definition) is 1. The highest BCUT2D eigenvalue weighted by Crippen LogP contribution is 2.39. The molecule has 0 amide bonds. The maximum absolute atomic E-state index is 5.83. The van der Waals surface area contributed by atoms with Crippen molar-refractivity contribution in [2.24, 2.45) is 5.73 Å². The lowest BCUT2D eigenvalue weighted by molar-refractivity contribution is -0.0777. The van der Waals surface area contributed by atoms with Crippen molar-refractivity contribution in [2.45, 2.75) is 38.0 Å². The summed E-state index contributed by atoms with van der Waals surface area (Å²) in [7, 11) is 0. The van der Waals surface area contributed by atoms with Gasteiger partial charge in [0.15, 0.2) is 0 Å². The monoisotopic (exact) mass is 236 g/mol. The number of rotatable bonds is 3. The second-order valence-electron chi connectivity index (χ2n) is 5.01. The third kappa shape index (κ3) is 2.12. The summed E-state index contributed by atoms with van der Waals surface area (Å²) >= 11 is 0. The highest BCUT2D eigenvalue weighted by atomic mass is 16.5. The number of furan rings is 1. The third-order valence-corrected chi connectivity index (χ3v) is 3.69. The fourth-order valence-corrected chi connectivity index (χ4v) is 2.73. The normalized spacial score (nSPS) is 30.7. The van der Waals surface area contributed by atoms with Crippen LogP contribution in [0.4, 0.5) is 0 Å². The topological polar surface area (TPSA) is 51.6 Å². The second kappa shape index (κ2) is 4.44. The fraction of sp³-hybridized carbons (Fsp3) is 0.692. The van der Waals surface area contributed by atoms with Crippen LogP contribution in [0.5, 0.6) is 0 Å². The van der Waals surface area contributed by atoms with Crippen molar-refractivity contribution in [3.05, 3.63) is 23.7 Å². The first kappa shape index (κ1) is 11.3. The highest BCUT2D eigenvalue weighted by molar-refractivity contribution is 5.14. The predicted molar refractivity (Wildman–Crippen MR) is 64.7 cm³/mol. The van der Waals surface area contributed by atoms with Crippen LogP contribution in [0.2, 0.25) is 0 Å². The molecule has 94 valence electrons. The molecule has 0 spiro atoms. The first-order valence-corrected chi connectivity index (χ1v) is 6.43. The van der Waals surface area contributed by atoms with E-state index in [9.17, 15) is 0 Å². The predicted octanol–water partition coefficient (Wildman–Crippen LogP) is 1.45. The van der Waals surface area contributed by atoms with Crippen molar-refractivity contribution in [1.82, 2.24) is 4.90 Å². The molecule has 4 nitrogen and oxygen atoms in total. The second-order valence-corrected chi connectivity index (χ2v) is 5.01. The van der Waals surface area contributed by atoms with E-state index in [-0.39, 0.29) is 12.1 Å². The molecule has 0 bridgehead atoms. The van der Waals surface area contributed by atoms with Gasteiger partial charge < -0.3 is 14.9 Å². The van der Waals surface area contributed by atoms with E-state index in [2.05, 4.69) is 11.0 Å². The van der Waals surface area contributed by atoms with Crippen LogP contribution in [-0.2, 0) is 4.74 Å². The van der Waals surface area contributed by atoms with Gasteiger partial charge in [0.2, 0.25) is 0 Å². The van der Waals surface area contributed by atoms with Crippen LogP contribution in [-0.4, -0.2) is 36.7 Å². The summed E-state index contributed by atoms with van der Waals surface area (Å²) < 4.78 is 11.6. The molecule has 4 heteroatoms. The largest absolute Gasteiger partial charge is 0.465 e. The number of morpholine rings is 1. The average molecular weight is 236 g/mol. The lowest BCUT2D eigenvalue weighted by Gasteiger charge is -2.39. The molecule has 2 heterocycles. The molecule has 1 saturated carbocycles. The van der Waals surface area contributed by atoms with Gasteiger partial charge in [-0.25, -0.2) is 0 Å². The molecule has 2 atom stereocenters. The standard InChI is InChI=1S/C13H20N2O2/c1-9-2-5-11(17-9)13-12(8-14)16-7-6-15(13)10-3-4-10/h2,5,10,12-13H,3-4,6-8,14H2,1H3. The lowest BCUT2D eigenvalue weighted by Crippen LogP contribution is -2.49. The van der Waals surface area contributed by atoms with E-state index in [1.54, 1.807) is 0 Å². The molecular weight excluding hydrogens is 216 g/mol. The number of ether oxygens (including phenoxy) is 1. The van der Waals surface area contributed by atoms with Crippen molar-refractivity contribution in [3.8, 4) is 0 Å². The van der Waals surface area contributed by atoms with E-state index < -0.39 is 0 Å². The molecule has 1 saturated heterocycles. The van der Waals surface area contributed by atoms with Crippen LogP contribution in [0, 0.1) is 6.92 Å². The minimum atomic E-state index is 0.0647. The Bertz CT molecular complexity index is 387. The lowest BCUT2D eigenvalue weighted by atomic mass is 10.0. The van der Waals surface area contributed by atoms with E-state index in [1.165, 1.54) is 12.8 Å². The van der Waals surface area contributed by atoms with Crippen LogP contribution < -0.4 is 5.73 Å². The molecule has 1 aliphatic carbocycles. The van der Waals surface area contributed by atoms with Gasteiger partial charge in [0, 0.05) is 19.1 Å². The van der Waals surface area contributed by atoms with Gasteiger partial charge in [-0.2, -0.15) is 0 Å². The Kier molecular flexibility index (Phi) is 2.94. The van der Waals surface area contributed by atoms with Crippen LogP contribution in [0.25, 0.3) is 0 Å². The van der Waals surface area contributed by atoms with Gasteiger partial charge in [0.25, 0.3) is 0 Å². The quantitative estimate of drug-likeness (QED) is 0.863. The fourth-order valence-electron chi connectivity index (χ4n) is 2.73. The van der Waals surface area contributed by atoms with E-state index in [0.717, 1.165) is 24.7 Å². The Labute approximate surface area is 102 Å². The molecule has 1 aliphatic heterocycles. The number of nitrogens with zero attached hydrogens (tertiary/aromatic N) is 1. The smallest absolute Gasteiger partial charge is 0.124 e. The molecule has 0 radical (unpaired) electrons. The van der Waals surface area contributed by atoms with Crippen LogP contribution in [0.15, 0.2) is 16.5 Å². The molecule has 17 heavy (non-hydrogen) atoms. The summed E-state index contributed by atoms with van der Waals surface area (Å²) in [5.74, 6) is 1.96. The average Bonchev–Trinajstić information content (AvgIpc) is 3.11. The summed E-state index contributed by atoms with van der Waals surface area (Å²) in [6.45, 7) is 4.31. The summed E-state index contributed by atoms with van der Waals surface area (Å²) in [6, 6.07) is 4.99. The highest BCUT2D eigenvalue weighted by Gasteiger charge is 2.42. The Balaban J connectivity index is 1.88. The molecule has 2 aliphatic rings. The molecule has 2 unspecified atom stereocenters. The Hall–Kier alpha value is -0.840. The van der Waals surface area contributed by atoms with Crippen molar-refractivity contribution in [2.75, 3.05) is 19.7 Å². The zero-order chi connectivity index (χ0) is 11.8. The Morgan fingerprint density at radius 1 is 1.41 bits per heavy atom. The Morgan fingerprint density at radius 3 is 2.82 bits per heavy atom. The van der Waals surface area contributed by atoms with Crippen LogP contribution in [0.1, 0.15) is 30.4 Å². The molecule has 0 aromatic carbocycles. The van der Waals surface area contributed by atoms with Crippen molar-refractivity contribution >= 4 is 0 Å². The number of nitrogens with two attached hydrogens (primary N) is 1. The number of aryl methyl sites for hydroxylation is 1. The minimum absolute atomic E-state index is 0.0647. The van der Waals surface area contributed by atoms with Gasteiger partial charge >= 0.3 is 0 Å². The van der Waals surface area contributed by atoms with Gasteiger partial charge in [-0.05, 0) is 31.9 Å². The number of hydrogen-bond acceptors (Lipinski definition) is 4. The van der Waals surface area contributed by atoms with Gasteiger partial charge in [0.05, 0.1) is 18.8 Å². The van der Waals surface area contributed by atoms with Crippen molar-refractivity contribution in [1.29, 1.82) is 0 Å². The third-order valence-electron chi connectivity index (χ3n) is 3.69. The maximum atomic E-state index is 5.83. The summed E-state index contributed by atoms with van der Waals surface area (Å²) in [4.78, 5) is 2.51. The zero-order valence-corrected chi connectivity index (χ0v) is 10.3. The Morgan fingerprint density at radius 2 is 2.24 bits per heavy atom. The maximum Gasteiger partial charge on any atom is 0.124 e. The van der Waals surface area contributed by atoms with Crippen LogP contribution >= 0.6 is 0 Å². The molecule has 1 aromatic heterocycles. The van der Waals surface area contributed by atoms with Gasteiger partial charge in [-0.3, -0.25) is 4.90 Å². The minimum Gasteiger partial charge on any atom is -0.465 e. The van der Waals surface area contributed by atoms with E-state index in [1.807, 2.05) is 13.0 Å². The van der Waals surface area contributed by atoms with Crippen molar-refractivity contribution in [3.63, 3.8) is 0 Å². The zero-order valence-electron chi connectivity index (χ0n) is 10.3. The van der Waals surface area contributed by atoms with E-state index >= 15 is 0 Å². The summed E-state index contributed by atoms with van der Waals surface area (Å²) in [5, 5.41) is 0. The van der Waals surface area contributed by atoms with E-state index in [0.29, 0.717) is 12.6 Å². The summed E-state index contributed by atoms with van der Waals surface area (Å²) in [5.41, 5.74) is 5.83. The SMILES string of the molecule is Cc1ccc(C2C(CN)OCCN2C2CC2)o1. The van der Waals surface area contributed by atoms with Gasteiger partial charge in [0.1, 0.15) is 11.5 Å². The first-order chi connectivity index (χ1) is 8.29. The molecule has 2 N–H and O–H groups in total. The molecule has 3 rings (SSSR count). The first-order valence-electron chi connectivity index (χ1n) is 6.43.